The van der Waals surface area contributed by atoms with E-state index >= 15 is 0 Å². The van der Waals surface area contributed by atoms with Gasteiger partial charge in [-0.15, -0.1) is 0 Å². The summed E-state index contributed by atoms with van der Waals surface area (Å²) >= 11 is 0. The molecule has 1 saturated heterocycles. The van der Waals surface area contributed by atoms with Gasteiger partial charge in [0.15, 0.2) is 5.79 Å². The normalized spacial score (nSPS) is 20.4. The molecule has 0 atom stereocenters. The minimum atomic E-state index is -0.978. The minimum Gasteiger partial charge on any atom is -0.496 e. The average molecular weight is 494 g/mol. The number of hydrogen-bond acceptors (Lipinski definition) is 7. The van der Waals surface area contributed by atoms with Crippen LogP contribution in [0.3, 0.4) is 0 Å². The fourth-order valence-electron chi connectivity index (χ4n) is 5.77. The van der Waals surface area contributed by atoms with Gasteiger partial charge >= 0.3 is 5.97 Å². The van der Waals surface area contributed by atoms with Crippen LogP contribution in [0.2, 0.25) is 0 Å². The first-order chi connectivity index (χ1) is 17.4. The fraction of sp³-hybridized carbons (Fsp3) is 0.429. The van der Waals surface area contributed by atoms with Crippen molar-refractivity contribution in [2.45, 2.75) is 50.9 Å². The molecule has 2 fully saturated rings. The van der Waals surface area contributed by atoms with Gasteiger partial charge in [-0.2, -0.15) is 0 Å². The Morgan fingerprint density at radius 3 is 2.17 bits per heavy atom. The van der Waals surface area contributed by atoms with Crippen molar-refractivity contribution in [3.05, 3.63) is 70.5 Å². The molecule has 190 valence electrons. The highest BCUT2D eigenvalue weighted by molar-refractivity contribution is 6.24. The molecule has 0 unspecified atom stereocenters. The third-order valence-electron chi connectivity index (χ3n) is 7.52. The van der Waals surface area contributed by atoms with E-state index in [2.05, 4.69) is 0 Å². The molecule has 5 rings (SSSR count). The molecular formula is C28H31NO7. The van der Waals surface area contributed by atoms with Crippen molar-refractivity contribution >= 4 is 17.4 Å². The summed E-state index contributed by atoms with van der Waals surface area (Å²) in [5.74, 6) is -0.899. The zero-order chi connectivity index (χ0) is 25.5. The molecule has 36 heavy (non-hydrogen) atoms. The molecule has 2 aromatic carbocycles. The molecule has 3 aliphatic rings. The predicted molar refractivity (Wildman–Crippen MR) is 131 cm³/mol. The van der Waals surface area contributed by atoms with Gasteiger partial charge in [0.2, 0.25) is 0 Å². The maximum Gasteiger partial charge on any atom is 0.347 e. The van der Waals surface area contributed by atoms with E-state index < -0.39 is 17.3 Å². The number of benzene rings is 2. The van der Waals surface area contributed by atoms with Crippen LogP contribution in [0.25, 0.3) is 5.57 Å². The number of amides is 1. The van der Waals surface area contributed by atoms with Crippen molar-refractivity contribution in [3.8, 4) is 5.75 Å². The van der Waals surface area contributed by atoms with Crippen LogP contribution < -0.4 is 4.74 Å². The van der Waals surface area contributed by atoms with Gasteiger partial charge in [0.1, 0.15) is 22.6 Å². The summed E-state index contributed by atoms with van der Waals surface area (Å²) in [7, 11) is 2.98. The van der Waals surface area contributed by atoms with Crippen LogP contribution in [0, 0.1) is 13.8 Å². The SMILES string of the molecule is COc1ccccc1C(=O)OC1=C(c2c(C)cccc2C)C(=O)N(OC)C12CCC1(CC2)OCCO1. The molecular weight excluding hydrogens is 462 g/mol. The molecule has 2 spiro atoms. The Hall–Kier alpha value is -3.20. The first-order valence-electron chi connectivity index (χ1n) is 12.2. The van der Waals surface area contributed by atoms with Crippen LogP contribution in [0.5, 0.6) is 5.75 Å². The van der Waals surface area contributed by atoms with Crippen molar-refractivity contribution in [2.24, 2.45) is 0 Å². The van der Waals surface area contributed by atoms with Crippen molar-refractivity contribution in [3.63, 3.8) is 0 Å². The summed E-state index contributed by atoms with van der Waals surface area (Å²) in [6.07, 6.45) is 1.98. The molecule has 2 heterocycles. The highest BCUT2D eigenvalue weighted by atomic mass is 16.7. The monoisotopic (exact) mass is 493 g/mol. The summed E-state index contributed by atoms with van der Waals surface area (Å²) in [5.41, 5.74) is 2.21. The number of methoxy groups -OCH3 is 1. The number of hydrogen-bond donors (Lipinski definition) is 0. The van der Waals surface area contributed by atoms with E-state index in [0.717, 1.165) is 16.7 Å². The topological polar surface area (TPSA) is 83.5 Å². The summed E-state index contributed by atoms with van der Waals surface area (Å²) < 4.78 is 23.5. The number of nitrogens with zero attached hydrogens (tertiary/aromatic N) is 1. The lowest BCUT2D eigenvalue weighted by Gasteiger charge is -2.45. The zero-order valence-corrected chi connectivity index (χ0v) is 21.1. The summed E-state index contributed by atoms with van der Waals surface area (Å²) in [6, 6.07) is 12.7. The molecule has 0 N–H and O–H groups in total. The van der Waals surface area contributed by atoms with Crippen LogP contribution in [0.15, 0.2) is 48.2 Å². The summed E-state index contributed by atoms with van der Waals surface area (Å²) in [6.45, 7) is 4.97. The van der Waals surface area contributed by atoms with E-state index in [1.165, 1.54) is 19.3 Å². The van der Waals surface area contributed by atoms with Crippen LogP contribution in [-0.4, -0.2) is 55.7 Å². The van der Waals surface area contributed by atoms with Crippen molar-refractivity contribution in [2.75, 3.05) is 27.4 Å². The second-order valence-corrected chi connectivity index (χ2v) is 9.48. The summed E-state index contributed by atoms with van der Waals surface area (Å²) in [4.78, 5) is 33.2. The minimum absolute atomic E-state index is 0.279. The third-order valence-corrected chi connectivity index (χ3v) is 7.52. The molecule has 8 nitrogen and oxygen atoms in total. The number of esters is 1. The van der Waals surface area contributed by atoms with Gasteiger partial charge in [0, 0.05) is 12.8 Å². The van der Waals surface area contributed by atoms with Gasteiger partial charge in [-0.05, 0) is 55.5 Å². The molecule has 8 heteroatoms. The quantitative estimate of drug-likeness (QED) is 0.573. The van der Waals surface area contributed by atoms with Crippen LogP contribution in [-0.2, 0) is 23.8 Å². The number of hydroxylamine groups is 2. The smallest absolute Gasteiger partial charge is 0.347 e. The van der Waals surface area contributed by atoms with Gasteiger partial charge in [-0.1, -0.05) is 30.3 Å². The third kappa shape index (κ3) is 3.80. The number of carbonyl (C=O) groups excluding carboxylic acids is 2. The van der Waals surface area contributed by atoms with Gasteiger partial charge in [0.05, 0.1) is 33.0 Å². The Balaban J connectivity index is 1.65. The van der Waals surface area contributed by atoms with Gasteiger partial charge < -0.3 is 18.9 Å². The van der Waals surface area contributed by atoms with E-state index in [1.54, 1.807) is 24.3 Å². The number of ether oxygens (including phenoxy) is 4. The number of rotatable bonds is 5. The van der Waals surface area contributed by atoms with Gasteiger partial charge in [-0.25, -0.2) is 9.86 Å². The number of para-hydroxylation sites is 1. The lowest BCUT2D eigenvalue weighted by Crippen LogP contribution is -2.54. The molecule has 0 radical (unpaired) electrons. The Bertz CT molecular complexity index is 1200. The molecule has 1 aliphatic carbocycles. The van der Waals surface area contributed by atoms with Crippen LogP contribution in [0.1, 0.15) is 52.7 Å². The second kappa shape index (κ2) is 9.35. The largest absolute Gasteiger partial charge is 0.496 e. The lowest BCUT2D eigenvalue weighted by molar-refractivity contribution is -0.232. The average Bonchev–Trinajstić information content (AvgIpc) is 3.42. The molecule has 2 aliphatic heterocycles. The van der Waals surface area contributed by atoms with E-state index in [4.69, 9.17) is 23.8 Å². The van der Waals surface area contributed by atoms with E-state index in [-0.39, 0.29) is 11.5 Å². The highest BCUT2D eigenvalue weighted by Gasteiger charge is 2.60. The molecule has 0 aromatic heterocycles. The Morgan fingerprint density at radius 2 is 1.56 bits per heavy atom. The first-order valence-corrected chi connectivity index (χ1v) is 12.2. The van der Waals surface area contributed by atoms with Crippen LogP contribution >= 0.6 is 0 Å². The number of aryl methyl sites for hydroxylation is 2. The maximum atomic E-state index is 13.9. The van der Waals surface area contributed by atoms with E-state index in [0.29, 0.717) is 56.0 Å². The Morgan fingerprint density at radius 1 is 0.917 bits per heavy atom. The van der Waals surface area contributed by atoms with Crippen molar-refractivity contribution in [1.29, 1.82) is 0 Å². The van der Waals surface area contributed by atoms with Crippen LogP contribution in [0.4, 0.5) is 0 Å². The van der Waals surface area contributed by atoms with E-state index in [1.807, 2.05) is 32.0 Å². The predicted octanol–water partition coefficient (Wildman–Crippen LogP) is 4.34. The molecule has 2 aromatic rings. The van der Waals surface area contributed by atoms with Gasteiger partial charge in [-0.3, -0.25) is 9.63 Å². The standard InChI is InChI=1S/C28H31NO7/c1-18-8-7-9-19(2)22(18)23-24(36-26(31)20-10-5-6-11-21(20)32-3)27(29(33-4)25(23)30)12-14-28(15-13-27)34-16-17-35-28/h5-11H,12-17H2,1-4H3. The van der Waals surface area contributed by atoms with Gasteiger partial charge in [0.25, 0.3) is 5.91 Å². The molecule has 0 bridgehead atoms. The maximum absolute atomic E-state index is 13.9. The first kappa shape index (κ1) is 24.5. The molecule has 1 amide bonds. The van der Waals surface area contributed by atoms with Crippen molar-refractivity contribution < 1.29 is 33.4 Å². The Kier molecular flexibility index (Phi) is 6.36. The fourth-order valence-corrected chi connectivity index (χ4v) is 5.77. The van der Waals surface area contributed by atoms with Crippen molar-refractivity contribution in [1.82, 2.24) is 5.06 Å². The number of carbonyl (C=O) groups is 2. The molecule has 1 saturated carbocycles. The lowest BCUT2D eigenvalue weighted by atomic mass is 9.77. The van der Waals surface area contributed by atoms with E-state index in [9.17, 15) is 9.59 Å². The Labute approximate surface area is 210 Å². The summed E-state index contributed by atoms with van der Waals surface area (Å²) in [5, 5.41) is 1.38. The highest BCUT2D eigenvalue weighted by Crippen LogP contribution is 2.53. The zero-order valence-electron chi connectivity index (χ0n) is 21.1. The second-order valence-electron chi connectivity index (χ2n) is 9.48.